The van der Waals surface area contributed by atoms with Crippen LogP contribution in [0.15, 0.2) is 28.9 Å². The van der Waals surface area contributed by atoms with Crippen molar-refractivity contribution in [2.75, 3.05) is 0 Å². The fraction of sp³-hybridized carbons (Fsp3) is 0.100. The molecule has 0 aliphatic carbocycles. The zero-order valence-electron chi connectivity index (χ0n) is 7.92. The first-order valence-corrected chi connectivity index (χ1v) is 6.26. The van der Waals surface area contributed by atoms with Crippen LogP contribution in [0.1, 0.15) is 5.56 Å². The number of nitrogens with zero attached hydrogens (tertiary/aromatic N) is 2. The molecule has 0 unspecified atom stereocenters. The molecule has 2 rings (SSSR count). The van der Waals surface area contributed by atoms with Crippen molar-refractivity contribution in [1.82, 2.24) is 9.78 Å². The summed E-state index contributed by atoms with van der Waals surface area (Å²) in [6.07, 6.45) is 1.79. The summed E-state index contributed by atoms with van der Waals surface area (Å²) in [7, 11) is 0. The molecule has 84 valence electrons. The Kier molecular flexibility index (Phi) is 3.58. The summed E-state index contributed by atoms with van der Waals surface area (Å²) in [6.45, 7) is 0.415. The summed E-state index contributed by atoms with van der Waals surface area (Å²) < 4.78 is 29.0. The lowest BCUT2D eigenvalue weighted by molar-refractivity contribution is 0.505. The molecule has 0 radical (unpaired) electrons. The predicted molar refractivity (Wildman–Crippen MR) is 68.1 cm³/mol. The Balaban J connectivity index is 2.23. The van der Waals surface area contributed by atoms with E-state index in [1.807, 2.05) is 0 Å². The lowest BCUT2D eigenvalue weighted by atomic mass is 10.2. The number of aromatic nitrogens is 2. The van der Waals surface area contributed by atoms with E-state index in [1.165, 1.54) is 6.07 Å². The normalized spacial score (nSPS) is 10.8. The molecule has 0 aliphatic rings. The predicted octanol–water partition coefficient (Wildman–Crippen LogP) is 3.58. The smallest absolute Gasteiger partial charge is 0.159 e. The van der Waals surface area contributed by atoms with Gasteiger partial charge in [0.1, 0.15) is 3.70 Å². The number of benzene rings is 1. The molecule has 1 heterocycles. The topological polar surface area (TPSA) is 17.8 Å². The summed E-state index contributed by atoms with van der Waals surface area (Å²) >= 11 is 5.42. The van der Waals surface area contributed by atoms with Gasteiger partial charge < -0.3 is 0 Å². The van der Waals surface area contributed by atoms with Gasteiger partial charge in [-0.15, -0.1) is 0 Å². The summed E-state index contributed by atoms with van der Waals surface area (Å²) in [5, 5.41) is 4.20. The van der Waals surface area contributed by atoms with Crippen molar-refractivity contribution in [3.8, 4) is 0 Å². The monoisotopic (exact) mass is 398 g/mol. The van der Waals surface area contributed by atoms with Crippen LogP contribution in [0.25, 0.3) is 0 Å². The first-order valence-electron chi connectivity index (χ1n) is 4.38. The van der Waals surface area contributed by atoms with E-state index in [9.17, 15) is 8.78 Å². The van der Waals surface area contributed by atoms with Crippen molar-refractivity contribution in [1.29, 1.82) is 0 Å². The molecule has 16 heavy (non-hydrogen) atoms. The van der Waals surface area contributed by atoms with Crippen LogP contribution >= 0.6 is 38.5 Å². The van der Waals surface area contributed by atoms with Crippen LogP contribution in [0.3, 0.4) is 0 Å². The van der Waals surface area contributed by atoms with Gasteiger partial charge in [0.2, 0.25) is 0 Å². The molecule has 0 fully saturated rings. The molecule has 1 aromatic carbocycles. The number of hydrogen-bond donors (Lipinski definition) is 0. The molecule has 0 saturated carbocycles. The average Bonchev–Trinajstić information content (AvgIpc) is 2.52. The van der Waals surface area contributed by atoms with Crippen molar-refractivity contribution in [2.24, 2.45) is 0 Å². The minimum atomic E-state index is -0.835. The fourth-order valence-corrected chi connectivity index (χ4v) is 2.01. The maximum Gasteiger partial charge on any atom is 0.159 e. The van der Waals surface area contributed by atoms with E-state index in [2.05, 4.69) is 43.6 Å². The maximum atomic E-state index is 13.0. The summed E-state index contributed by atoms with van der Waals surface area (Å²) in [5.41, 5.74) is 0.672. The minimum Gasteiger partial charge on any atom is -0.266 e. The second kappa shape index (κ2) is 4.79. The Bertz CT molecular complexity index is 508. The van der Waals surface area contributed by atoms with Gasteiger partial charge in [0.15, 0.2) is 11.6 Å². The maximum absolute atomic E-state index is 13.0. The molecule has 0 saturated heterocycles. The van der Waals surface area contributed by atoms with Gasteiger partial charge in [-0.3, -0.25) is 4.68 Å². The zero-order chi connectivity index (χ0) is 11.7. The molecule has 0 atom stereocenters. The van der Waals surface area contributed by atoms with E-state index in [0.29, 0.717) is 12.1 Å². The SMILES string of the molecule is Fc1ccc(Cn2cc(Br)c(I)n2)cc1F. The summed E-state index contributed by atoms with van der Waals surface area (Å²) in [5.74, 6) is -1.67. The van der Waals surface area contributed by atoms with Gasteiger partial charge in [-0.1, -0.05) is 6.07 Å². The highest BCUT2D eigenvalue weighted by molar-refractivity contribution is 14.1. The van der Waals surface area contributed by atoms with E-state index >= 15 is 0 Å². The molecule has 0 amide bonds. The van der Waals surface area contributed by atoms with Crippen LogP contribution in [-0.4, -0.2) is 9.78 Å². The second-order valence-corrected chi connectivity index (χ2v) is 5.09. The first kappa shape index (κ1) is 12.0. The zero-order valence-corrected chi connectivity index (χ0v) is 11.7. The van der Waals surface area contributed by atoms with Gasteiger partial charge in [-0.25, -0.2) is 8.78 Å². The summed E-state index contributed by atoms with van der Waals surface area (Å²) in [4.78, 5) is 0. The number of halogens is 4. The third-order valence-corrected chi connectivity index (χ3v) is 4.12. The highest BCUT2D eigenvalue weighted by atomic mass is 127. The molecular formula is C10H6BrF2IN2. The quantitative estimate of drug-likeness (QED) is 0.707. The van der Waals surface area contributed by atoms with Crippen molar-refractivity contribution >= 4 is 38.5 Å². The molecule has 1 aromatic heterocycles. The molecule has 2 nitrogen and oxygen atoms in total. The lowest BCUT2D eigenvalue weighted by Crippen LogP contribution is -2.01. The lowest BCUT2D eigenvalue weighted by Gasteiger charge is -2.02. The van der Waals surface area contributed by atoms with E-state index in [-0.39, 0.29) is 0 Å². The van der Waals surface area contributed by atoms with Gasteiger partial charge in [0.05, 0.1) is 11.0 Å². The Labute approximate surface area is 113 Å². The van der Waals surface area contributed by atoms with Crippen molar-refractivity contribution < 1.29 is 8.78 Å². The Morgan fingerprint density at radius 1 is 1.31 bits per heavy atom. The summed E-state index contributed by atoms with van der Waals surface area (Å²) in [6, 6.07) is 3.84. The van der Waals surface area contributed by atoms with E-state index in [4.69, 9.17) is 0 Å². The highest BCUT2D eigenvalue weighted by Crippen LogP contribution is 2.17. The van der Waals surface area contributed by atoms with E-state index in [1.54, 1.807) is 16.9 Å². The Morgan fingerprint density at radius 3 is 2.62 bits per heavy atom. The second-order valence-electron chi connectivity index (χ2n) is 3.21. The van der Waals surface area contributed by atoms with Crippen LogP contribution in [0.4, 0.5) is 8.78 Å². The molecule has 0 bridgehead atoms. The molecule has 6 heteroatoms. The van der Waals surface area contributed by atoms with Crippen molar-refractivity contribution in [3.05, 3.63) is 49.8 Å². The molecule has 2 aromatic rings. The van der Waals surface area contributed by atoms with Crippen LogP contribution in [-0.2, 0) is 6.54 Å². The third-order valence-electron chi connectivity index (χ3n) is 2.00. The van der Waals surface area contributed by atoms with Gasteiger partial charge in [-0.05, 0) is 56.2 Å². The van der Waals surface area contributed by atoms with Crippen LogP contribution in [0.5, 0.6) is 0 Å². The number of hydrogen-bond acceptors (Lipinski definition) is 1. The molecule has 0 spiro atoms. The molecule has 0 aliphatic heterocycles. The van der Waals surface area contributed by atoms with Gasteiger partial charge in [0.25, 0.3) is 0 Å². The van der Waals surface area contributed by atoms with Crippen molar-refractivity contribution in [3.63, 3.8) is 0 Å². The van der Waals surface area contributed by atoms with Gasteiger partial charge in [0, 0.05) is 6.20 Å². The van der Waals surface area contributed by atoms with Crippen molar-refractivity contribution in [2.45, 2.75) is 6.54 Å². The van der Waals surface area contributed by atoms with E-state index < -0.39 is 11.6 Å². The fourth-order valence-electron chi connectivity index (χ4n) is 1.28. The first-order chi connectivity index (χ1) is 7.56. The van der Waals surface area contributed by atoms with Crippen LogP contribution < -0.4 is 0 Å². The number of rotatable bonds is 2. The minimum absolute atomic E-state index is 0.415. The average molecular weight is 399 g/mol. The molecule has 0 N–H and O–H groups in total. The van der Waals surface area contributed by atoms with Crippen LogP contribution in [0.2, 0.25) is 0 Å². The Morgan fingerprint density at radius 2 is 2.06 bits per heavy atom. The standard InChI is InChI=1S/C10H6BrF2IN2/c11-7-5-16(15-10(7)14)4-6-1-2-8(12)9(13)3-6/h1-3,5H,4H2. The highest BCUT2D eigenvalue weighted by Gasteiger charge is 2.06. The van der Waals surface area contributed by atoms with Gasteiger partial charge >= 0.3 is 0 Å². The van der Waals surface area contributed by atoms with E-state index in [0.717, 1.165) is 14.2 Å². The largest absolute Gasteiger partial charge is 0.266 e. The Hall–Kier alpha value is -0.500. The molecular weight excluding hydrogens is 393 g/mol. The van der Waals surface area contributed by atoms with Gasteiger partial charge in [-0.2, -0.15) is 5.10 Å². The third kappa shape index (κ3) is 2.60. The van der Waals surface area contributed by atoms with Crippen LogP contribution in [0, 0.1) is 15.3 Å².